The highest BCUT2D eigenvalue weighted by molar-refractivity contribution is 7.91. The van der Waals surface area contributed by atoms with E-state index in [-0.39, 0.29) is 11.4 Å². The van der Waals surface area contributed by atoms with Crippen molar-refractivity contribution in [3.8, 4) is 0 Å². The van der Waals surface area contributed by atoms with Gasteiger partial charge in [-0.05, 0) is 42.6 Å². The van der Waals surface area contributed by atoms with Crippen LogP contribution in [0.25, 0.3) is 0 Å². The Morgan fingerprint density at radius 1 is 1.12 bits per heavy atom. The first-order valence-corrected chi connectivity index (χ1v) is 10.3. The van der Waals surface area contributed by atoms with Crippen molar-refractivity contribution in [3.05, 3.63) is 51.7 Å². The van der Waals surface area contributed by atoms with Crippen LogP contribution >= 0.6 is 22.9 Å². The second-order valence-electron chi connectivity index (χ2n) is 5.07. The molecule has 2 amide bonds. The van der Waals surface area contributed by atoms with Crippen molar-refractivity contribution in [1.82, 2.24) is 10.6 Å². The summed E-state index contributed by atoms with van der Waals surface area (Å²) in [6.45, 7) is 1.79. The molecule has 1 aromatic carbocycles. The van der Waals surface area contributed by atoms with Gasteiger partial charge in [-0.25, -0.2) is 8.42 Å². The molecule has 6 nitrogen and oxygen atoms in total. The van der Waals surface area contributed by atoms with Crippen LogP contribution in [0.2, 0.25) is 5.02 Å². The summed E-state index contributed by atoms with van der Waals surface area (Å²) in [5.74, 6) is -1.66. The summed E-state index contributed by atoms with van der Waals surface area (Å²) in [6.07, 6.45) is 0. The lowest BCUT2D eigenvalue weighted by Gasteiger charge is -2.17. The number of rotatable bonds is 6. The van der Waals surface area contributed by atoms with Crippen molar-refractivity contribution in [2.24, 2.45) is 0 Å². The fraction of sp³-hybridized carbons (Fsp3) is 0.250. The molecular weight excluding hydrogens is 384 g/mol. The molecule has 9 heteroatoms. The van der Waals surface area contributed by atoms with E-state index in [9.17, 15) is 18.0 Å². The number of amides is 2. The van der Waals surface area contributed by atoms with Gasteiger partial charge < -0.3 is 10.6 Å². The summed E-state index contributed by atoms with van der Waals surface area (Å²) in [6, 6.07) is 9.24. The van der Waals surface area contributed by atoms with E-state index in [2.05, 4.69) is 10.6 Å². The second-order valence-corrected chi connectivity index (χ2v) is 8.62. The number of carbonyl (C=O) groups excluding carboxylic acids is 2. The number of benzene rings is 1. The number of hydrogen-bond donors (Lipinski definition) is 2. The SMILES string of the molecule is CCNC(=O)C(=O)NCC(c1cccs1)S(=O)(=O)c1ccc(Cl)cc1. The number of hydrogen-bond acceptors (Lipinski definition) is 5. The third-order valence-electron chi connectivity index (χ3n) is 3.37. The van der Waals surface area contributed by atoms with E-state index >= 15 is 0 Å². The number of nitrogens with one attached hydrogen (secondary N) is 2. The highest BCUT2D eigenvalue weighted by Gasteiger charge is 2.31. The summed E-state index contributed by atoms with van der Waals surface area (Å²) in [4.78, 5) is 24.0. The Morgan fingerprint density at radius 2 is 1.76 bits per heavy atom. The van der Waals surface area contributed by atoms with Gasteiger partial charge in [0.1, 0.15) is 5.25 Å². The standard InChI is InChI=1S/C16H17ClN2O4S2/c1-2-18-15(20)16(21)19-10-14(13-4-3-9-24-13)25(22,23)12-7-5-11(17)6-8-12/h3-9,14H,2,10H2,1H3,(H,18,20)(H,19,21). The molecule has 2 aromatic rings. The van der Waals surface area contributed by atoms with E-state index in [0.29, 0.717) is 16.4 Å². The molecule has 1 aromatic heterocycles. The zero-order chi connectivity index (χ0) is 18.4. The molecule has 0 spiro atoms. The molecule has 1 heterocycles. The molecule has 1 unspecified atom stereocenters. The summed E-state index contributed by atoms with van der Waals surface area (Å²) < 4.78 is 25.9. The lowest BCUT2D eigenvalue weighted by Crippen LogP contribution is -2.42. The fourth-order valence-electron chi connectivity index (χ4n) is 2.13. The van der Waals surface area contributed by atoms with Gasteiger partial charge in [0.15, 0.2) is 9.84 Å². The molecule has 0 aliphatic carbocycles. The van der Waals surface area contributed by atoms with E-state index in [0.717, 1.165) is 0 Å². The van der Waals surface area contributed by atoms with Crippen LogP contribution in [0.1, 0.15) is 17.1 Å². The zero-order valence-electron chi connectivity index (χ0n) is 13.4. The third-order valence-corrected chi connectivity index (χ3v) is 6.85. The molecule has 0 aliphatic rings. The zero-order valence-corrected chi connectivity index (χ0v) is 15.7. The normalized spacial score (nSPS) is 12.4. The van der Waals surface area contributed by atoms with Gasteiger partial charge in [0, 0.05) is 23.0 Å². The van der Waals surface area contributed by atoms with Crippen molar-refractivity contribution in [3.63, 3.8) is 0 Å². The molecule has 0 fully saturated rings. The maximum Gasteiger partial charge on any atom is 0.309 e. The summed E-state index contributed by atoms with van der Waals surface area (Å²) in [7, 11) is -3.77. The maximum absolute atomic E-state index is 13.0. The van der Waals surface area contributed by atoms with Crippen LogP contribution in [0.4, 0.5) is 0 Å². The maximum atomic E-state index is 13.0. The average Bonchev–Trinajstić information content (AvgIpc) is 3.09. The minimum atomic E-state index is -3.77. The number of thiophene rings is 1. The predicted molar refractivity (Wildman–Crippen MR) is 97.4 cm³/mol. The number of likely N-dealkylation sites (N-methyl/N-ethyl adjacent to an activating group) is 1. The van der Waals surface area contributed by atoms with Gasteiger partial charge in [-0.15, -0.1) is 11.3 Å². The summed E-state index contributed by atoms with van der Waals surface area (Å²) >= 11 is 7.08. The van der Waals surface area contributed by atoms with E-state index in [1.807, 2.05) is 0 Å². The van der Waals surface area contributed by atoms with Gasteiger partial charge in [-0.2, -0.15) is 0 Å². The summed E-state index contributed by atoms with van der Waals surface area (Å²) in [5, 5.41) is 5.95. The molecule has 0 radical (unpaired) electrons. The van der Waals surface area contributed by atoms with E-state index in [4.69, 9.17) is 11.6 Å². The minimum absolute atomic E-state index is 0.0996. The highest BCUT2D eigenvalue weighted by atomic mass is 35.5. The average molecular weight is 401 g/mol. The number of carbonyl (C=O) groups is 2. The van der Waals surface area contributed by atoms with Gasteiger partial charge >= 0.3 is 11.8 Å². The number of sulfone groups is 1. The Hall–Kier alpha value is -1.90. The molecule has 0 saturated carbocycles. The molecule has 2 rings (SSSR count). The molecule has 0 bridgehead atoms. The lowest BCUT2D eigenvalue weighted by molar-refractivity contribution is -0.139. The monoisotopic (exact) mass is 400 g/mol. The van der Waals surface area contributed by atoms with Crippen LogP contribution in [0.5, 0.6) is 0 Å². The first-order chi connectivity index (χ1) is 11.9. The quantitative estimate of drug-likeness (QED) is 0.727. The minimum Gasteiger partial charge on any atom is -0.348 e. The van der Waals surface area contributed by atoms with Gasteiger partial charge in [0.2, 0.25) is 0 Å². The molecule has 25 heavy (non-hydrogen) atoms. The van der Waals surface area contributed by atoms with E-state index in [1.165, 1.54) is 35.6 Å². The number of halogens is 1. The Kier molecular flexibility index (Phi) is 6.57. The fourth-order valence-corrected chi connectivity index (χ4v) is 5.04. The lowest BCUT2D eigenvalue weighted by atomic mass is 10.3. The van der Waals surface area contributed by atoms with Gasteiger partial charge in [-0.3, -0.25) is 9.59 Å². The largest absolute Gasteiger partial charge is 0.348 e. The second kappa shape index (κ2) is 8.46. The van der Waals surface area contributed by atoms with Crippen LogP contribution in [0.3, 0.4) is 0 Å². The molecular formula is C16H17ClN2O4S2. The Labute approximate surface area is 155 Å². The van der Waals surface area contributed by atoms with E-state index < -0.39 is 26.9 Å². The van der Waals surface area contributed by atoms with Crippen LogP contribution in [0.15, 0.2) is 46.7 Å². The highest BCUT2D eigenvalue weighted by Crippen LogP contribution is 2.31. The van der Waals surface area contributed by atoms with Crippen molar-refractivity contribution in [2.45, 2.75) is 17.1 Å². The van der Waals surface area contributed by atoms with Crippen molar-refractivity contribution in [2.75, 3.05) is 13.1 Å². The Morgan fingerprint density at radius 3 is 2.32 bits per heavy atom. The van der Waals surface area contributed by atoms with Crippen LogP contribution in [-0.2, 0) is 19.4 Å². The molecule has 2 N–H and O–H groups in total. The van der Waals surface area contributed by atoms with Crippen molar-refractivity contribution < 1.29 is 18.0 Å². The van der Waals surface area contributed by atoms with Crippen molar-refractivity contribution >= 4 is 44.6 Å². The van der Waals surface area contributed by atoms with E-state index in [1.54, 1.807) is 24.4 Å². The summed E-state index contributed by atoms with van der Waals surface area (Å²) in [5.41, 5.74) is 0. The smallest absolute Gasteiger partial charge is 0.309 e. The predicted octanol–water partition coefficient (Wildman–Crippen LogP) is 2.17. The van der Waals surface area contributed by atoms with Crippen LogP contribution in [0, 0.1) is 0 Å². The first kappa shape index (κ1) is 19.4. The van der Waals surface area contributed by atoms with Crippen molar-refractivity contribution in [1.29, 1.82) is 0 Å². The van der Waals surface area contributed by atoms with Crippen LogP contribution < -0.4 is 10.6 Å². The molecule has 134 valence electrons. The third kappa shape index (κ3) is 4.81. The Bertz CT molecular complexity index is 834. The van der Waals surface area contributed by atoms with Gasteiger partial charge in [0.05, 0.1) is 4.90 Å². The van der Waals surface area contributed by atoms with Gasteiger partial charge in [-0.1, -0.05) is 17.7 Å². The Balaban J connectivity index is 2.26. The first-order valence-electron chi connectivity index (χ1n) is 7.45. The van der Waals surface area contributed by atoms with Gasteiger partial charge in [0.25, 0.3) is 0 Å². The van der Waals surface area contributed by atoms with Crippen LogP contribution in [-0.4, -0.2) is 33.3 Å². The molecule has 0 aliphatic heterocycles. The molecule has 0 saturated heterocycles. The topological polar surface area (TPSA) is 92.3 Å². The molecule has 1 atom stereocenters.